The fraction of sp³-hybridized carbons (Fsp3) is 0. The van der Waals surface area contributed by atoms with Crippen LogP contribution in [0.15, 0.2) is 30.3 Å². The summed E-state index contributed by atoms with van der Waals surface area (Å²) in [7, 11) is 0. The predicted molar refractivity (Wildman–Crippen MR) is 37.6 cm³/mol. The normalized spacial score (nSPS) is 8.80. The maximum absolute atomic E-state index is 10.8. The van der Waals surface area contributed by atoms with Crippen LogP contribution in [-0.4, -0.2) is 24.9 Å². The number of benzene rings is 1. The van der Waals surface area contributed by atoms with Gasteiger partial charge in [0.15, 0.2) is 0 Å². The van der Waals surface area contributed by atoms with Crippen LogP contribution in [0.1, 0.15) is 10.4 Å². The quantitative estimate of drug-likeness (QED) is 0.617. The average molecular weight is 191 g/mol. The molecule has 0 saturated carbocycles. The first-order valence-electron chi connectivity index (χ1n) is 2.80. The second-order valence-electron chi connectivity index (χ2n) is 1.77. The summed E-state index contributed by atoms with van der Waals surface area (Å²) in [6, 6.07) is 8.92. The van der Waals surface area contributed by atoms with Crippen LogP contribution in [-0.2, 0) is 3.53 Å². The summed E-state index contributed by atoms with van der Waals surface area (Å²) in [5.41, 5.74) is 0.604. The summed E-state index contributed by atoms with van der Waals surface area (Å²) in [5, 5.41) is 0. The Hall–Kier alpha value is -0.674. The van der Waals surface area contributed by atoms with Gasteiger partial charge in [0.1, 0.15) is 0 Å². The number of rotatable bonds is 1. The van der Waals surface area contributed by atoms with Gasteiger partial charge in [0.25, 0.3) is 0 Å². The molecule has 1 aromatic carbocycles. The molecule has 3 heteroatoms. The Balaban J connectivity index is 2.85. The second kappa shape index (κ2) is 3.48. The molecule has 0 heterocycles. The van der Waals surface area contributed by atoms with Gasteiger partial charge in [0, 0.05) is 0 Å². The van der Waals surface area contributed by atoms with Crippen LogP contribution in [0.5, 0.6) is 0 Å². The molecule has 0 bridgehead atoms. The molecule has 0 fully saturated rings. The van der Waals surface area contributed by atoms with Crippen LogP contribution in [0.3, 0.4) is 0 Å². The topological polar surface area (TPSA) is 26.3 Å². The van der Waals surface area contributed by atoms with Crippen LogP contribution in [0.4, 0.5) is 0 Å². The van der Waals surface area contributed by atoms with Crippen molar-refractivity contribution in [2.24, 2.45) is 0 Å². The van der Waals surface area contributed by atoms with Gasteiger partial charge in [-0.1, -0.05) is 0 Å². The summed E-state index contributed by atoms with van der Waals surface area (Å²) in [4.78, 5) is 10.8. The van der Waals surface area contributed by atoms with Gasteiger partial charge in [0.2, 0.25) is 0 Å². The van der Waals surface area contributed by atoms with Crippen molar-refractivity contribution in [3.63, 3.8) is 0 Å². The molecule has 1 aromatic rings. The van der Waals surface area contributed by atoms with Gasteiger partial charge in [-0.05, 0) is 0 Å². The van der Waals surface area contributed by atoms with Gasteiger partial charge in [-0.15, -0.1) is 0 Å². The molecule has 0 atom stereocenters. The zero-order chi connectivity index (χ0) is 7.40. The Labute approximate surface area is 69.5 Å². The molecule has 0 spiro atoms. The van der Waals surface area contributed by atoms with E-state index in [-0.39, 0.29) is 5.97 Å². The van der Waals surface area contributed by atoms with E-state index in [9.17, 15) is 4.79 Å². The summed E-state index contributed by atoms with van der Waals surface area (Å²) < 4.78 is 4.56. The molecule has 0 N–H and O–H groups in total. The third-order valence-corrected chi connectivity index (χ3v) is 1.57. The zero-order valence-corrected chi connectivity index (χ0v) is 7.70. The molecule has 0 aromatic heterocycles. The summed E-state index contributed by atoms with van der Waals surface area (Å²) in [6.45, 7) is 0. The second-order valence-corrected chi connectivity index (χ2v) is 2.27. The van der Waals surface area contributed by atoms with Crippen molar-refractivity contribution < 1.29 is 8.32 Å². The van der Waals surface area contributed by atoms with Gasteiger partial charge in [-0.25, -0.2) is 0 Å². The molecule has 1 rings (SSSR count). The fourth-order valence-electron chi connectivity index (χ4n) is 0.642. The first-order valence-corrected chi connectivity index (χ1v) is 3.79. The molecule has 0 aliphatic carbocycles. The molecule has 0 aliphatic heterocycles. The van der Waals surface area contributed by atoms with Gasteiger partial charge < -0.3 is 0 Å². The summed E-state index contributed by atoms with van der Waals surface area (Å²) >= 11 is 0.960. The van der Waals surface area contributed by atoms with E-state index in [1.54, 1.807) is 24.3 Å². The number of carbonyl (C=O) groups excluding carboxylic acids is 1. The van der Waals surface area contributed by atoms with Gasteiger partial charge in [-0.2, -0.15) is 0 Å². The summed E-state index contributed by atoms with van der Waals surface area (Å²) in [6.07, 6.45) is 0. The van der Waals surface area contributed by atoms with Crippen LogP contribution < -0.4 is 0 Å². The monoisotopic (exact) mass is 190 g/mol. The molecular weight excluding hydrogens is 186 g/mol. The number of hydrogen-bond acceptors (Lipinski definition) is 2. The molecule has 10 heavy (non-hydrogen) atoms. The van der Waals surface area contributed by atoms with Crippen molar-refractivity contribution in [2.45, 2.75) is 0 Å². The van der Waals surface area contributed by atoms with Gasteiger partial charge in [-0.3, -0.25) is 0 Å². The van der Waals surface area contributed by atoms with Crippen molar-refractivity contribution >= 4 is 24.9 Å². The van der Waals surface area contributed by atoms with Crippen molar-refractivity contribution in [1.29, 1.82) is 0 Å². The Morgan fingerprint density at radius 1 is 1.30 bits per heavy atom. The van der Waals surface area contributed by atoms with Crippen molar-refractivity contribution in [3.05, 3.63) is 35.9 Å². The van der Waals surface area contributed by atoms with E-state index < -0.39 is 0 Å². The van der Waals surface area contributed by atoms with E-state index in [1.807, 2.05) is 6.07 Å². The first-order chi connectivity index (χ1) is 4.84. The van der Waals surface area contributed by atoms with E-state index in [0.29, 0.717) is 5.56 Å². The van der Waals surface area contributed by atoms with Crippen LogP contribution in [0.2, 0.25) is 0 Å². The van der Waals surface area contributed by atoms with Crippen molar-refractivity contribution in [2.75, 3.05) is 0 Å². The minimum absolute atomic E-state index is 0.263. The van der Waals surface area contributed by atoms with E-state index in [4.69, 9.17) is 0 Å². The van der Waals surface area contributed by atoms with E-state index >= 15 is 0 Å². The molecule has 0 saturated heterocycles. The van der Waals surface area contributed by atoms with Crippen LogP contribution in [0.25, 0.3) is 0 Å². The number of hydrogen-bond donors (Lipinski definition) is 0. The Kier molecular flexibility index (Phi) is 2.59. The molecule has 0 unspecified atom stereocenters. The van der Waals surface area contributed by atoms with E-state index in [1.165, 1.54) is 0 Å². The van der Waals surface area contributed by atoms with Gasteiger partial charge >= 0.3 is 69.2 Å². The molecule has 0 aliphatic rings. The minimum atomic E-state index is -0.263. The molecule has 2 radical (unpaired) electrons. The van der Waals surface area contributed by atoms with Crippen LogP contribution >= 0.6 is 0 Å². The first kappa shape index (κ1) is 7.43. The van der Waals surface area contributed by atoms with Crippen molar-refractivity contribution in [1.82, 2.24) is 0 Å². The third kappa shape index (κ3) is 1.65. The van der Waals surface area contributed by atoms with E-state index in [0.717, 1.165) is 19.0 Å². The fourth-order valence-corrected chi connectivity index (χ4v) is 0.928. The molecule has 0 amide bonds. The summed E-state index contributed by atoms with van der Waals surface area (Å²) in [5.74, 6) is -0.263. The number of carbonyl (C=O) groups is 1. The maximum atomic E-state index is 10.8. The zero-order valence-electron chi connectivity index (χ0n) is 5.28. The Bertz CT molecular complexity index is 220. The van der Waals surface area contributed by atoms with Gasteiger partial charge in [0.05, 0.1) is 0 Å². The predicted octanol–water partition coefficient (Wildman–Crippen LogP) is 0.927. The van der Waals surface area contributed by atoms with Crippen LogP contribution in [0, 0.1) is 0 Å². The third-order valence-electron chi connectivity index (χ3n) is 1.12. The molecule has 2 nitrogen and oxygen atoms in total. The Morgan fingerprint density at radius 3 is 2.40 bits per heavy atom. The SMILES string of the molecule is O=C([O][Ga])c1ccccc1. The molecular formula is C7H5GaO2. The molecule has 48 valence electrons. The Morgan fingerprint density at radius 2 is 1.90 bits per heavy atom. The standard InChI is InChI=1S/C7H6O2.Ga/c8-7(9)6-4-2-1-3-5-6;/h1-5H,(H,8,9);/q;+1/p-1. The average Bonchev–Trinajstić information content (AvgIpc) is 2.05. The van der Waals surface area contributed by atoms with E-state index in [2.05, 4.69) is 3.53 Å². The van der Waals surface area contributed by atoms with Crippen molar-refractivity contribution in [3.8, 4) is 0 Å².